The summed E-state index contributed by atoms with van der Waals surface area (Å²) in [7, 11) is 0. The molecule has 0 aliphatic heterocycles. The van der Waals surface area contributed by atoms with E-state index >= 15 is 0 Å². The Balaban J connectivity index is 2.23. The number of amidine groups is 1. The van der Waals surface area contributed by atoms with Gasteiger partial charge in [-0.15, -0.1) is 0 Å². The van der Waals surface area contributed by atoms with Gasteiger partial charge in [-0.2, -0.15) is 0 Å². The zero-order valence-corrected chi connectivity index (χ0v) is 13.5. The third-order valence-electron chi connectivity index (χ3n) is 3.34. The summed E-state index contributed by atoms with van der Waals surface area (Å²) in [4.78, 5) is 16.2. The Hall–Kier alpha value is -3.22. The molecule has 0 radical (unpaired) electrons. The van der Waals surface area contributed by atoms with Crippen LogP contribution in [0.15, 0.2) is 41.9 Å². The highest BCUT2D eigenvalue weighted by atomic mass is 19.1. The number of phenolic OH excluding ortho intramolecular Hbond substituents is 1. The van der Waals surface area contributed by atoms with E-state index in [-0.39, 0.29) is 29.2 Å². The van der Waals surface area contributed by atoms with Crippen molar-refractivity contribution in [1.29, 1.82) is 0 Å². The fourth-order valence-corrected chi connectivity index (χ4v) is 2.16. The molecule has 0 saturated heterocycles. The number of benzene rings is 2. The molecule has 2 aromatic carbocycles. The first-order chi connectivity index (χ1) is 11.8. The maximum atomic E-state index is 14.1. The van der Waals surface area contributed by atoms with E-state index in [1.54, 1.807) is 0 Å². The van der Waals surface area contributed by atoms with Crippen LogP contribution in [-0.2, 0) is 6.54 Å². The van der Waals surface area contributed by atoms with E-state index in [0.717, 1.165) is 12.1 Å². The molecule has 130 valence electrons. The van der Waals surface area contributed by atoms with Gasteiger partial charge in [0.1, 0.15) is 5.82 Å². The van der Waals surface area contributed by atoms with E-state index in [1.807, 2.05) is 0 Å². The van der Waals surface area contributed by atoms with Gasteiger partial charge in [0.05, 0.1) is 11.5 Å². The summed E-state index contributed by atoms with van der Waals surface area (Å²) < 4.78 is 27.4. The fraction of sp³-hybridized carbons (Fsp3) is 0.111. The van der Waals surface area contributed by atoms with Gasteiger partial charge in [0.2, 0.25) is 0 Å². The summed E-state index contributed by atoms with van der Waals surface area (Å²) in [6.07, 6.45) is 1.29. The number of halogens is 2. The van der Waals surface area contributed by atoms with Crippen LogP contribution in [0.4, 0.5) is 14.5 Å². The molecule has 2 aromatic rings. The lowest BCUT2D eigenvalue weighted by atomic mass is 10.1. The molecule has 2 rings (SSSR count). The molecule has 25 heavy (non-hydrogen) atoms. The van der Waals surface area contributed by atoms with Crippen molar-refractivity contribution in [3.8, 4) is 5.75 Å². The molecule has 0 atom stereocenters. The number of aromatic hydroxyl groups is 1. The quantitative estimate of drug-likeness (QED) is 0.574. The van der Waals surface area contributed by atoms with Crippen LogP contribution in [0.3, 0.4) is 0 Å². The highest BCUT2D eigenvalue weighted by Gasteiger charge is 2.13. The number of nitrogens with two attached hydrogens (primary N) is 1. The summed E-state index contributed by atoms with van der Waals surface area (Å²) in [5.41, 5.74) is 6.34. The summed E-state index contributed by atoms with van der Waals surface area (Å²) in [5, 5.41) is 11.7. The Bertz CT molecular complexity index is 860. The van der Waals surface area contributed by atoms with E-state index in [0.29, 0.717) is 5.56 Å². The second kappa shape index (κ2) is 7.57. The molecule has 0 fully saturated rings. The number of carbonyl (C=O) groups is 1. The van der Waals surface area contributed by atoms with Gasteiger partial charge < -0.3 is 16.2 Å². The van der Waals surface area contributed by atoms with E-state index in [2.05, 4.69) is 16.9 Å². The second-order valence-electron chi connectivity index (χ2n) is 5.32. The van der Waals surface area contributed by atoms with Crippen LogP contribution >= 0.6 is 0 Å². The third-order valence-corrected chi connectivity index (χ3v) is 3.34. The van der Waals surface area contributed by atoms with Crippen LogP contribution in [0.2, 0.25) is 0 Å². The molecule has 5 nitrogen and oxygen atoms in total. The van der Waals surface area contributed by atoms with Gasteiger partial charge >= 0.3 is 0 Å². The zero-order valence-electron chi connectivity index (χ0n) is 13.5. The average Bonchev–Trinajstić information content (AvgIpc) is 2.54. The summed E-state index contributed by atoms with van der Waals surface area (Å²) in [5.74, 6) is -2.27. The SMILES string of the molecule is C=Cc1c(F)cc(C(=O)NCc2ccc(O)c(F)c2)cc1N=C(C)N. The molecule has 7 heteroatoms. The van der Waals surface area contributed by atoms with Crippen molar-refractivity contribution in [2.75, 3.05) is 0 Å². The van der Waals surface area contributed by atoms with Crippen molar-refractivity contribution in [1.82, 2.24) is 5.32 Å². The van der Waals surface area contributed by atoms with Crippen molar-refractivity contribution >= 4 is 23.5 Å². The van der Waals surface area contributed by atoms with Crippen LogP contribution in [-0.4, -0.2) is 16.8 Å². The molecular formula is C18H17F2N3O2. The van der Waals surface area contributed by atoms with Gasteiger partial charge in [0.15, 0.2) is 11.6 Å². The Morgan fingerprint density at radius 2 is 2.04 bits per heavy atom. The monoisotopic (exact) mass is 345 g/mol. The van der Waals surface area contributed by atoms with Crippen molar-refractivity contribution in [3.05, 3.63) is 65.2 Å². The standard InChI is InChI=1S/C18H17F2N3O2/c1-3-13-14(19)7-12(8-16(13)23-10(2)21)18(25)22-9-11-4-5-17(24)15(20)6-11/h3-8,24H,1,9H2,2H3,(H2,21,23)(H,22,25). The van der Waals surface area contributed by atoms with Crippen LogP contribution in [0, 0.1) is 11.6 Å². The van der Waals surface area contributed by atoms with E-state index in [9.17, 15) is 13.6 Å². The second-order valence-corrected chi connectivity index (χ2v) is 5.32. The zero-order chi connectivity index (χ0) is 18.6. The molecule has 4 N–H and O–H groups in total. The van der Waals surface area contributed by atoms with Crippen LogP contribution in [0.1, 0.15) is 28.4 Å². The molecule has 0 spiro atoms. The van der Waals surface area contributed by atoms with E-state index in [1.165, 1.54) is 31.2 Å². The topological polar surface area (TPSA) is 87.7 Å². The summed E-state index contributed by atoms with van der Waals surface area (Å²) in [6, 6.07) is 6.21. The predicted molar refractivity (Wildman–Crippen MR) is 92.7 cm³/mol. The number of nitrogens with zero attached hydrogens (tertiary/aromatic N) is 1. The Labute approximate surface area is 143 Å². The van der Waals surface area contributed by atoms with Crippen molar-refractivity contribution in [2.24, 2.45) is 10.7 Å². The van der Waals surface area contributed by atoms with Gasteiger partial charge in [-0.25, -0.2) is 13.8 Å². The molecular weight excluding hydrogens is 328 g/mol. The number of aliphatic imine (C=N–C) groups is 1. The van der Waals surface area contributed by atoms with Crippen LogP contribution in [0.5, 0.6) is 5.75 Å². The maximum absolute atomic E-state index is 14.1. The van der Waals surface area contributed by atoms with Crippen molar-refractivity contribution in [3.63, 3.8) is 0 Å². The first-order valence-corrected chi connectivity index (χ1v) is 7.34. The van der Waals surface area contributed by atoms with Gasteiger partial charge in [-0.05, 0) is 36.8 Å². The Kier molecular flexibility index (Phi) is 5.49. The molecule has 0 aromatic heterocycles. The number of carbonyl (C=O) groups excluding carboxylic acids is 1. The first kappa shape index (κ1) is 18.1. The number of rotatable bonds is 5. The Morgan fingerprint density at radius 3 is 2.64 bits per heavy atom. The lowest BCUT2D eigenvalue weighted by molar-refractivity contribution is 0.0950. The number of nitrogens with one attached hydrogen (secondary N) is 1. The third kappa shape index (κ3) is 4.41. The van der Waals surface area contributed by atoms with E-state index < -0.39 is 23.3 Å². The van der Waals surface area contributed by atoms with Gasteiger partial charge in [0.25, 0.3) is 5.91 Å². The Morgan fingerprint density at radius 1 is 1.32 bits per heavy atom. The maximum Gasteiger partial charge on any atom is 0.251 e. The molecule has 0 heterocycles. The smallest absolute Gasteiger partial charge is 0.251 e. The number of phenols is 1. The highest BCUT2D eigenvalue weighted by molar-refractivity contribution is 5.96. The minimum atomic E-state index is -0.789. The molecule has 0 saturated carbocycles. The lowest BCUT2D eigenvalue weighted by Gasteiger charge is -2.09. The molecule has 0 aliphatic carbocycles. The molecule has 0 unspecified atom stereocenters. The molecule has 0 aliphatic rings. The number of amides is 1. The average molecular weight is 345 g/mol. The van der Waals surface area contributed by atoms with Crippen LogP contribution < -0.4 is 11.1 Å². The largest absolute Gasteiger partial charge is 0.505 e. The van der Waals surface area contributed by atoms with Crippen LogP contribution in [0.25, 0.3) is 6.08 Å². The normalized spacial score (nSPS) is 11.2. The van der Waals surface area contributed by atoms with Gasteiger partial charge in [-0.1, -0.05) is 18.7 Å². The number of hydrogen-bond acceptors (Lipinski definition) is 3. The minimum absolute atomic E-state index is 0.00931. The summed E-state index contributed by atoms with van der Waals surface area (Å²) >= 11 is 0. The molecule has 1 amide bonds. The lowest BCUT2D eigenvalue weighted by Crippen LogP contribution is -2.23. The fourth-order valence-electron chi connectivity index (χ4n) is 2.16. The van der Waals surface area contributed by atoms with Gasteiger partial charge in [0, 0.05) is 17.7 Å². The van der Waals surface area contributed by atoms with E-state index in [4.69, 9.17) is 10.8 Å². The molecule has 0 bridgehead atoms. The van der Waals surface area contributed by atoms with Crippen molar-refractivity contribution < 1.29 is 18.7 Å². The summed E-state index contributed by atoms with van der Waals surface area (Å²) in [6.45, 7) is 5.07. The highest BCUT2D eigenvalue weighted by Crippen LogP contribution is 2.26. The first-order valence-electron chi connectivity index (χ1n) is 7.34. The number of hydrogen-bond donors (Lipinski definition) is 3. The minimum Gasteiger partial charge on any atom is -0.505 e. The van der Waals surface area contributed by atoms with Crippen molar-refractivity contribution in [2.45, 2.75) is 13.5 Å². The van der Waals surface area contributed by atoms with Gasteiger partial charge in [-0.3, -0.25) is 4.79 Å². The predicted octanol–water partition coefficient (Wildman–Crippen LogP) is 3.25.